The molecule has 0 atom stereocenters. The predicted octanol–water partition coefficient (Wildman–Crippen LogP) is 2.49. The zero-order valence-electron chi connectivity index (χ0n) is 12.9. The summed E-state index contributed by atoms with van der Waals surface area (Å²) in [6.07, 6.45) is 3.00. The van der Waals surface area contributed by atoms with Crippen molar-refractivity contribution >= 4 is 10.0 Å². The first-order chi connectivity index (χ1) is 9.42. The minimum atomic E-state index is -3.41. The molecule has 0 fully saturated rings. The molecule has 0 saturated carbocycles. The molecule has 0 aromatic heterocycles. The van der Waals surface area contributed by atoms with Crippen LogP contribution in [0.4, 0.5) is 0 Å². The summed E-state index contributed by atoms with van der Waals surface area (Å²) in [4.78, 5) is 0.402. The first-order valence-electron chi connectivity index (χ1n) is 7.16. The first-order valence-corrected chi connectivity index (χ1v) is 8.65. The van der Waals surface area contributed by atoms with Crippen molar-refractivity contribution < 1.29 is 8.42 Å². The van der Waals surface area contributed by atoms with Crippen LogP contribution in [0.5, 0.6) is 0 Å². The van der Waals surface area contributed by atoms with Gasteiger partial charge in [-0.25, -0.2) is 13.1 Å². The van der Waals surface area contributed by atoms with Crippen LogP contribution in [0.2, 0.25) is 0 Å². The quantitative estimate of drug-likeness (QED) is 0.725. The number of unbranched alkanes of at least 4 members (excludes halogenated alkanes) is 2. The highest BCUT2D eigenvalue weighted by Gasteiger charge is 2.18. The molecule has 1 aromatic carbocycles. The monoisotopic (exact) mass is 298 g/mol. The van der Waals surface area contributed by atoms with E-state index >= 15 is 0 Å². The summed E-state index contributed by atoms with van der Waals surface area (Å²) in [6, 6.07) is 3.79. The van der Waals surface area contributed by atoms with Gasteiger partial charge in [0.15, 0.2) is 0 Å². The van der Waals surface area contributed by atoms with Gasteiger partial charge in [0.05, 0.1) is 4.90 Å². The minimum Gasteiger partial charge on any atom is -0.316 e. The minimum absolute atomic E-state index is 0.402. The summed E-state index contributed by atoms with van der Waals surface area (Å²) in [5, 5.41) is 3.05. The molecule has 5 heteroatoms. The van der Waals surface area contributed by atoms with Crippen LogP contribution in [0.1, 0.15) is 42.9 Å². The van der Waals surface area contributed by atoms with Crippen LogP contribution in [-0.2, 0) is 16.6 Å². The lowest BCUT2D eigenvalue weighted by Crippen LogP contribution is -2.26. The van der Waals surface area contributed by atoms with E-state index < -0.39 is 10.0 Å². The third-order valence-electron chi connectivity index (χ3n) is 3.42. The molecule has 114 valence electrons. The summed E-state index contributed by atoms with van der Waals surface area (Å²) < 4.78 is 27.5. The van der Waals surface area contributed by atoms with E-state index in [0.29, 0.717) is 18.0 Å². The van der Waals surface area contributed by atoms with E-state index in [0.717, 1.165) is 36.0 Å². The summed E-state index contributed by atoms with van der Waals surface area (Å²) >= 11 is 0. The van der Waals surface area contributed by atoms with E-state index in [2.05, 4.69) is 17.0 Å². The number of hydrogen-bond donors (Lipinski definition) is 2. The Morgan fingerprint density at radius 1 is 1.15 bits per heavy atom. The molecule has 0 aliphatic heterocycles. The molecule has 0 radical (unpaired) electrons. The van der Waals surface area contributed by atoms with Gasteiger partial charge in [-0.05, 0) is 50.1 Å². The summed E-state index contributed by atoms with van der Waals surface area (Å²) in [7, 11) is -1.56. The van der Waals surface area contributed by atoms with E-state index in [9.17, 15) is 8.42 Å². The lowest BCUT2D eigenvalue weighted by molar-refractivity contribution is 0.575. The zero-order valence-corrected chi connectivity index (χ0v) is 13.7. The molecule has 2 N–H and O–H groups in total. The van der Waals surface area contributed by atoms with E-state index in [1.54, 1.807) is 6.07 Å². The van der Waals surface area contributed by atoms with Gasteiger partial charge in [0.2, 0.25) is 10.0 Å². The average Bonchev–Trinajstić information content (AvgIpc) is 2.39. The van der Waals surface area contributed by atoms with Crippen LogP contribution >= 0.6 is 0 Å². The van der Waals surface area contributed by atoms with Crippen molar-refractivity contribution in [3.05, 3.63) is 28.8 Å². The zero-order chi connectivity index (χ0) is 15.2. The molecule has 4 nitrogen and oxygen atoms in total. The highest BCUT2D eigenvalue weighted by molar-refractivity contribution is 7.89. The first kappa shape index (κ1) is 17.1. The van der Waals surface area contributed by atoms with Gasteiger partial charge in [0, 0.05) is 13.1 Å². The number of nitrogens with one attached hydrogen (secondary N) is 2. The fourth-order valence-electron chi connectivity index (χ4n) is 2.14. The fraction of sp³-hybridized carbons (Fsp3) is 0.600. The van der Waals surface area contributed by atoms with Crippen molar-refractivity contribution in [2.75, 3.05) is 13.6 Å². The maximum absolute atomic E-state index is 12.4. The molecule has 0 heterocycles. The van der Waals surface area contributed by atoms with Gasteiger partial charge in [-0.1, -0.05) is 25.8 Å². The molecular weight excluding hydrogens is 272 g/mol. The Balaban J connectivity index is 2.98. The molecule has 0 aliphatic carbocycles. The highest BCUT2D eigenvalue weighted by atomic mass is 32.2. The Morgan fingerprint density at radius 3 is 2.45 bits per heavy atom. The van der Waals surface area contributed by atoms with Crippen molar-refractivity contribution in [1.29, 1.82) is 0 Å². The number of hydrogen-bond acceptors (Lipinski definition) is 3. The molecule has 0 saturated heterocycles. The van der Waals surface area contributed by atoms with Crippen molar-refractivity contribution in [3.8, 4) is 0 Å². The van der Waals surface area contributed by atoms with Gasteiger partial charge in [0.1, 0.15) is 0 Å². The van der Waals surface area contributed by atoms with Crippen molar-refractivity contribution in [2.45, 2.75) is 51.5 Å². The van der Waals surface area contributed by atoms with Crippen LogP contribution in [0.3, 0.4) is 0 Å². The van der Waals surface area contributed by atoms with Gasteiger partial charge < -0.3 is 5.32 Å². The van der Waals surface area contributed by atoms with Gasteiger partial charge in [-0.3, -0.25) is 0 Å². The van der Waals surface area contributed by atoms with Gasteiger partial charge >= 0.3 is 0 Å². The third-order valence-corrected chi connectivity index (χ3v) is 5.01. The Kier molecular flexibility index (Phi) is 6.65. The summed E-state index contributed by atoms with van der Waals surface area (Å²) in [6.45, 7) is 7.08. The average molecular weight is 298 g/mol. The molecule has 0 spiro atoms. The second-order valence-electron chi connectivity index (χ2n) is 5.17. The molecule has 1 rings (SSSR count). The van der Waals surface area contributed by atoms with Crippen molar-refractivity contribution in [1.82, 2.24) is 10.0 Å². The van der Waals surface area contributed by atoms with E-state index in [1.807, 2.05) is 27.0 Å². The van der Waals surface area contributed by atoms with E-state index in [4.69, 9.17) is 0 Å². The fourth-order valence-corrected chi connectivity index (χ4v) is 3.58. The molecule has 0 amide bonds. The lowest BCUT2D eigenvalue weighted by atomic mass is 10.1. The molecule has 20 heavy (non-hydrogen) atoms. The highest BCUT2D eigenvalue weighted by Crippen LogP contribution is 2.21. The smallest absolute Gasteiger partial charge is 0.240 e. The number of rotatable bonds is 8. The van der Waals surface area contributed by atoms with Gasteiger partial charge in [0.25, 0.3) is 0 Å². The lowest BCUT2D eigenvalue weighted by Gasteiger charge is -2.13. The van der Waals surface area contributed by atoms with Crippen LogP contribution < -0.4 is 10.0 Å². The maximum atomic E-state index is 12.4. The largest absolute Gasteiger partial charge is 0.316 e. The Hall–Kier alpha value is -0.910. The summed E-state index contributed by atoms with van der Waals surface area (Å²) in [5.41, 5.74) is 2.82. The molecule has 0 unspecified atom stereocenters. The van der Waals surface area contributed by atoms with Crippen LogP contribution in [-0.4, -0.2) is 22.0 Å². The predicted molar refractivity (Wildman–Crippen MR) is 83.4 cm³/mol. The van der Waals surface area contributed by atoms with Crippen molar-refractivity contribution in [3.63, 3.8) is 0 Å². The van der Waals surface area contributed by atoms with E-state index in [1.165, 1.54) is 0 Å². The second-order valence-corrected chi connectivity index (χ2v) is 6.91. The second kappa shape index (κ2) is 7.76. The molecule has 0 bridgehead atoms. The van der Waals surface area contributed by atoms with Crippen LogP contribution in [0.15, 0.2) is 17.0 Å². The third kappa shape index (κ3) is 4.58. The van der Waals surface area contributed by atoms with E-state index in [-0.39, 0.29) is 0 Å². The normalized spacial score (nSPS) is 11.8. The standard InChI is InChI=1S/C15H26N2O2S/c1-5-6-7-8-17-20(18,19)15-10-14(11-16-4)9-12(2)13(15)3/h9-10,16-17H,5-8,11H2,1-4H3. The topological polar surface area (TPSA) is 58.2 Å². The number of benzene rings is 1. The summed E-state index contributed by atoms with van der Waals surface area (Å²) in [5.74, 6) is 0. The number of sulfonamides is 1. The Bertz CT molecular complexity index is 539. The molecule has 0 aliphatic rings. The van der Waals surface area contributed by atoms with Crippen LogP contribution in [0, 0.1) is 13.8 Å². The van der Waals surface area contributed by atoms with Crippen molar-refractivity contribution in [2.24, 2.45) is 0 Å². The molecule has 1 aromatic rings. The van der Waals surface area contributed by atoms with Gasteiger partial charge in [-0.15, -0.1) is 0 Å². The maximum Gasteiger partial charge on any atom is 0.240 e. The Morgan fingerprint density at radius 2 is 1.85 bits per heavy atom. The Labute approximate surface area is 123 Å². The van der Waals surface area contributed by atoms with Crippen LogP contribution in [0.25, 0.3) is 0 Å². The number of aryl methyl sites for hydroxylation is 1. The van der Waals surface area contributed by atoms with Gasteiger partial charge in [-0.2, -0.15) is 0 Å². The molecular formula is C15H26N2O2S. The SMILES string of the molecule is CCCCCNS(=O)(=O)c1cc(CNC)cc(C)c1C.